The molecule has 0 spiro atoms. The SMILES string of the molecule is CCc1cccc(OC#N)c1COc1ccc(O)cc1C. The van der Waals surface area contributed by atoms with Crippen LogP contribution in [0.3, 0.4) is 0 Å². The molecule has 0 aromatic heterocycles. The van der Waals surface area contributed by atoms with Crippen LogP contribution in [0.1, 0.15) is 23.6 Å². The molecule has 0 aliphatic heterocycles. The second kappa shape index (κ2) is 6.67. The van der Waals surface area contributed by atoms with E-state index in [4.69, 9.17) is 14.7 Å². The normalized spacial score (nSPS) is 9.95. The molecular weight excluding hydrogens is 266 g/mol. The monoisotopic (exact) mass is 283 g/mol. The van der Waals surface area contributed by atoms with Crippen molar-refractivity contribution in [3.63, 3.8) is 0 Å². The van der Waals surface area contributed by atoms with Crippen molar-refractivity contribution < 1.29 is 14.6 Å². The number of aromatic hydroxyl groups is 1. The van der Waals surface area contributed by atoms with Gasteiger partial charge in [-0.15, -0.1) is 5.26 Å². The molecule has 21 heavy (non-hydrogen) atoms. The number of nitrogens with zero attached hydrogens (tertiary/aromatic N) is 1. The second-order valence-electron chi connectivity index (χ2n) is 4.68. The van der Waals surface area contributed by atoms with Gasteiger partial charge in [0.2, 0.25) is 0 Å². The molecule has 0 radical (unpaired) electrons. The zero-order valence-corrected chi connectivity index (χ0v) is 12.1. The summed E-state index contributed by atoms with van der Waals surface area (Å²) in [6.07, 6.45) is 2.53. The second-order valence-corrected chi connectivity index (χ2v) is 4.68. The number of phenolic OH excluding ortho intramolecular Hbond substituents is 1. The lowest BCUT2D eigenvalue weighted by Crippen LogP contribution is -2.03. The highest BCUT2D eigenvalue weighted by atomic mass is 16.5. The number of nitriles is 1. The van der Waals surface area contributed by atoms with Gasteiger partial charge >= 0.3 is 0 Å². The van der Waals surface area contributed by atoms with Crippen LogP contribution in [0, 0.1) is 18.4 Å². The van der Waals surface area contributed by atoms with Crippen molar-refractivity contribution in [2.24, 2.45) is 0 Å². The van der Waals surface area contributed by atoms with Crippen LogP contribution in [-0.4, -0.2) is 5.11 Å². The molecule has 4 nitrogen and oxygen atoms in total. The molecule has 0 saturated carbocycles. The van der Waals surface area contributed by atoms with Crippen LogP contribution < -0.4 is 9.47 Å². The topological polar surface area (TPSA) is 62.5 Å². The lowest BCUT2D eigenvalue weighted by atomic mass is 10.0. The standard InChI is InChI=1S/C17H17NO3/c1-3-13-5-4-6-17(21-11-18)15(13)10-20-16-8-7-14(19)9-12(16)2/h4-9,19H,3,10H2,1-2H3. The van der Waals surface area contributed by atoms with Gasteiger partial charge in [0.15, 0.2) is 0 Å². The van der Waals surface area contributed by atoms with Crippen LogP contribution in [0.4, 0.5) is 0 Å². The highest BCUT2D eigenvalue weighted by Crippen LogP contribution is 2.27. The molecule has 2 aromatic rings. The van der Waals surface area contributed by atoms with E-state index in [9.17, 15) is 5.11 Å². The van der Waals surface area contributed by atoms with Crippen molar-refractivity contribution in [2.45, 2.75) is 26.9 Å². The molecule has 0 aliphatic rings. The average Bonchev–Trinajstić information content (AvgIpc) is 2.47. The van der Waals surface area contributed by atoms with E-state index in [1.165, 1.54) is 0 Å². The van der Waals surface area contributed by atoms with Gasteiger partial charge in [0.25, 0.3) is 6.26 Å². The molecule has 2 rings (SSSR count). The predicted octanol–water partition coefficient (Wildman–Crippen LogP) is 3.70. The van der Waals surface area contributed by atoms with Gasteiger partial charge in [-0.3, -0.25) is 0 Å². The fourth-order valence-corrected chi connectivity index (χ4v) is 2.20. The van der Waals surface area contributed by atoms with E-state index in [1.807, 2.05) is 26.0 Å². The van der Waals surface area contributed by atoms with Crippen molar-refractivity contribution >= 4 is 0 Å². The summed E-state index contributed by atoms with van der Waals surface area (Å²) in [6, 6.07) is 10.6. The van der Waals surface area contributed by atoms with Crippen molar-refractivity contribution in [3.05, 3.63) is 53.1 Å². The first-order valence-electron chi connectivity index (χ1n) is 6.74. The van der Waals surface area contributed by atoms with E-state index in [1.54, 1.807) is 30.5 Å². The fraction of sp³-hybridized carbons (Fsp3) is 0.235. The van der Waals surface area contributed by atoms with E-state index in [2.05, 4.69) is 0 Å². The molecule has 0 fully saturated rings. The molecule has 0 amide bonds. The van der Waals surface area contributed by atoms with Crippen molar-refractivity contribution in [2.75, 3.05) is 0 Å². The molecule has 0 heterocycles. The summed E-state index contributed by atoms with van der Waals surface area (Å²) < 4.78 is 10.8. The summed E-state index contributed by atoms with van der Waals surface area (Å²) in [4.78, 5) is 0. The van der Waals surface area contributed by atoms with E-state index < -0.39 is 0 Å². The van der Waals surface area contributed by atoms with Crippen molar-refractivity contribution in [1.29, 1.82) is 5.26 Å². The zero-order valence-electron chi connectivity index (χ0n) is 12.1. The number of hydrogen-bond donors (Lipinski definition) is 1. The van der Waals surface area contributed by atoms with Crippen LogP contribution in [0.2, 0.25) is 0 Å². The average molecular weight is 283 g/mol. The molecule has 0 atom stereocenters. The Morgan fingerprint density at radius 3 is 2.67 bits per heavy atom. The quantitative estimate of drug-likeness (QED) is 0.850. The first kappa shape index (κ1) is 14.7. The number of ether oxygens (including phenoxy) is 2. The molecule has 4 heteroatoms. The number of aryl methyl sites for hydroxylation is 2. The maximum absolute atomic E-state index is 9.41. The summed E-state index contributed by atoms with van der Waals surface area (Å²) in [7, 11) is 0. The van der Waals surface area contributed by atoms with Crippen LogP contribution in [0.5, 0.6) is 17.2 Å². The minimum absolute atomic E-state index is 0.210. The molecule has 2 aromatic carbocycles. The molecular formula is C17H17NO3. The summed E-state index contributed by atoms with van der Waals surface area (Å²) in [5.41, 5.74) is 2.81. The number of hydrogen-bond acceptors (Lipinski definition) is 4. The van der Waals surface area contributed by atoms with Crippen LogP contribution in [0.15, 0.2) is 36.4 Å². The molecule has 0 saturated heterocycles. The van der Waals surface area contributed by atoms with Gasteiger partial charge in [-0.1, -0.05) is 19.1 Å². The minimum atomic E-state index is 0.210. The summed E-state index contributed by atoms with van der Waals surface area (Å²) >= 11 is 0. The van der Waals surface area contributed by atoms with Gasteiger partial charge in [0, 0.05) is 5.56 Å². The van der Waals surface area contributed by atoms with Gasteiger partial charge in [0.05, 0.1) is 0 Å². The number of rotatable bonds is 5. The van der Waals surface area contributed by atoms with Crippen LogP contribution in [-0.2, 0) is 13.0 Å². The Hall–Kier alpha value is -2.67. The largest absolute Gasteiger partial charge is 0.508 e. The lowest BCUT2D eigenvalue weighted by Gasteiger charge is -2.14. The minimum Gasteiger partial charge on any atom is -0.508 e. The highest BCUT2D eigenvalue weighted by molar-refractivity contribution is 5.42. The zero-order chi connectivity index (χ0) is 15.2. The van der Waals surface area contributed by atoms with Gasteiger partial charge in [0.1, 0.15) is 23.9 Å². The smallest absolute Gasteiger partial charge is 0.292 e. The van der Waals surface area contributed by atoms with E-state index >= 15 is 0 Å². The third-order valence-corrected chi connectivity index (χ3v) is 3.30. The molecule has 108 valence electrons. The third-order valence-electron chi connectivity index (χ3n) is 3.30. The summed E-state index contributed by atoms with van der Waals surface area (Å²) in [5.74, 6) is 1.43. The number of benzene rings is 2. The molecule has 0 bridgehead atoms. The Bertz CT molecular complexity index is 674. The highest BCUT2D eigenvalue weighted by Gasteiger charge is 2.11. The van der Waals surface area contributed by atoms with Crippen LogP contribution >= 0.6 is 0 Å². The maximum Gasteiger partial charge on any atom is 0.292 e. The Labute approximate surface area is 124 Å². The Morgan fingerprint density at radius 1 is 1.19 bits per heavy atom. The lowest BCUT2D eigenvalue weighted by molar-refractivity contribution is 0.297. The van der Waals surface area contributed by atoms with E-state index in [-0.39, 0.29) is 5.75 Å². The first-order chi connectivity index (χ1) is 10.2. The molecule has 0 aliphatic carbocycles. The van der Waals surface area contributed by atoms with Gasteiger partial charge < -0.3 is 14.6 Å². The fourth-order valence-electron chi connectivity index (χ4n) is 2.20. The Kier molecular flexibility index (Phi) is 4.68. The third kappa shape index (κ3) is 3.46. The summed E-state index contributed by atoms with van der Waals surface area (Å²) in [5, 5.41) is 18.1. The Balaban J connectivity index is 2.24. The van der Waals surface area contributed by atoms with E-state index in [0.29, 0.717) is 18.1 Å². The first-order valence-corrected chi connectivity index (χ1v) is 6.74. The summed E-state index contributed by atoms with van der Waals surface area (Å²) in [6.45, 7) is 4.22. The Morgan fingerprint density at radius 2 is 2.00 bits per heavy atom. The molecule has 0 unspecified atom stereocenters. The van der Waals surface area contributed by atoms with Crippen LogP contribution in [0.25, 0.3) is 0 Å². The van der Waals surface area contributed by atoms with E-state index in [0.717, 1.165) is 23.1 Å². The van der Waals surface area contributed by atoms with Gasteiger partial charge in [-0.05, 0) is 48.7 Å². The maximum atomic E-state index is 9.41. The van der Waals surface area contributed by atoms with Crippen molar-refractivity contribution in [1.82, 2.24) is 0 Å². The van der Waals surface area contributed by atoms with Crippen molar-refractivity contribution in [3.8, 4) is 23.5 Å². The number of phenols is 1. The van der Waals surface area contributed by atoms with Gasteiger partial charge in [-0.25, -0.2) is 0 Å². The molecule has 1 N–H and O–H groups in total. The predicted molar refractivity (Wildman–Crippen MR) is 79.2 cm³/mol. The van der Waals surface area contributed by atoms with Gasteiger partial charge in [-0.2, -0.15) is 0 Å².